The Morgan fingerprint density at radius 3 is 1.25 bits per heavy atom. The normalized spacial score (nSPS) is 1.25. The molecule has 0 unspecified atom stereocenters. The molecule has 0 bridgehead atoms. The predicted molar refractivity (Wildman–Crippen MR) is 6.44 cm³/mol. The van der Waals surface area contributed by atoms with Crippen LogP contribution in [-0.4, -0.2) is 45.5 Å². The zero-order valence-corrected chi connectivity index (χ0v) is 7.42. The van der Waals surface area contributed by atoms with Gasteiger partial charge in [-0.25, -0.2) is 0 Å². The molecule has 0 atom stereocenters. The molecular formula is CoFeOSr. The Kier molecular flexibility index (Phi) is 75.1. The molecule has 0 amide bonds. The summed E-state index contributed by atoms with van der Waals surface area (Å²) in [4.78, 5) is 0. The molecule has 0 aliphatic rings. The Bertz CT molecular complexity index is 8.00. The van der Waals surface area contributed by atoms with Crippen molar-refractivity contribution < 1.29 is 36.6 Å². The van der Waals surface area contributed by atoms with Crippen LogP contribution in [-0.2, 0) is 36.6 Å². The molecule has 0 aromatic carbocycles. The van der Waals surface area contributed by atoms with Crippen molar-refractivity contribution in [2.45, 2.75) is 0 Å². The van der Waals surface area contributed by atoms with Crippen LogP contribution < -0.4 is 0 Å². The third-order valence-electron chi connectivity index (χ3n) is 0. The summed E-state index contributed by atoms with van der Waals surface area (Å²) in [5, 5.41) is 0. The zero-order chi connectivity index (χ0) is 2.00. The molecule has 0 spiro atoms. The van der Waals surface area contributed by atoms with E-state index in [-0.39, 0.29) is 62.6 Å². The van der Waals surface area contributed by atoms with E-state index in [2.05, 4.69) is 15.7 Å². The van der Waals surface area contributed by atoms with Gasteiger partial charge in [-0.3, -0.25) is 0 Å². The van der Waals surface area contributed by atoms with Gasteiger partial charge in [0.25, 0.3) is 0 Å². The number of hydrogen-bond donors (Lipinski definition) is 0. The molecule has 0 aromatic rings. The van der Waals surface area contributed by atoms with Crippen molar-refractivity contribution in [2.24, 2.45) is 0 Å². The Morgan fingerprint density at radius 1 is 1.25 bits per heavy atom. The molecule has 2 radical (unpaired) electrons. The summed E-state index contributed by atoms with van der Waals surface area (Å²) in [6, 6.07) is 0. The van der Waals surface area contributed by atoms with Gasteiger partial charge in [0.2, 0.25) is 0 Å². The second kappa shape index (κ2) is 18.5. The molecule has 4 heteroatoms. The molecule has 0 aromatic heterocycles. The topological polar surface area (TPSA) is 17.1 Å². The van der Waals surface area contributed by atoms with Crippen LogP contribution in [0.25, 0.3) is 0 Å². The Morgan fingerprint density at radius 2 is 1.25 bits per heavy atom. The molecular weight excluding hydrogens is 218 g/mol. The van der Waals surface area contributed by atoms with Crippen molar-refractivity contribution in [3.05, 3.63) is 0 Å². The minimum absolute atomic E-state index is 0. The molecule has 1 nitrogen and oxygen atoms in total. The first kappa shape index (κ1) is 16.2. The smallest absolute Gasteiger partial charge is 0 e. The third-order valence-corrected chi connectivity index (χ3v) is 0. The van der Waals surface area contributed by atoms with Gasteiger partial charge in [0.05, 0.1) is 0 Å². The van der Waals surface area contributed by atoms with E-state index in [1.807, 2.05) is 0 Å². The van der Waals surface area contributed by atoms with Crippen LogP contribution in [0.5, 0.6) is 0 Å². The van der Waals surface area contributed by atoms with Crippen LogP contribution in [0.1, 0.15) is 0 Å². The summed E-state index contributed by atoms with van der Waals surface area (Å²) in [7, 11) is 0. The summed E-state index contributed by atoms with van der Waals surface area (Å²) in [6.45, 7) is 0. The quantitative estimate of drug-likeness (QED) is 0.501. The van der Waals surface area contributed by atoms with Crippen molar-refractivity contribution in [2.75, 3.05) is 0 Å². The van der Waals surface area contributed by atoms with Gasteiger partial charge in [0, 0.05) is 62.6 Å². The molecule has 0 saturated heterocycles. The van der Waals surface area contributed by atoms with Crippen molar-refractivity contribution in [3.8, 4) is 0 Å². The van der Waals surface area contributed by atoms with E-state index in [9.17, 15) is 0 Å². The fourth-order valence-corrected chi connectivity index (χ4v) is 0. The van der Waals surface area contributed by atoms with Crippen LogP contribution in [0.2, 0.25) is 0 Å². The standard InChI is InChI=1S/Co.Fe.O.Sr. The second-order valence-electron chi connectivity index (χ2n) is 0. The molecule has 0 rings (SSSR count). The van der Waals surface area contributed by atoms with Crippen LogP contribution in [0, 0.1) is 0 Å². The Hall–Kier alpha value is 2.31. The van der Waals surface area contributed by atoms with Crippen LogP contribution in [0.15, 0.2) is 0 Å². The van der Waals surface area contributed by atoms with Crippen molar-refractivity contribution >= 4 is 45.5 Å². The maximum atomic E-state index is 7.94. The van der Waals surface area contributed by atoms with Gasteiger partial charge < -0.3 is 0 Å². The average molecular weight is 218 g/mol. The molecule has 0 N–H and O–H groups in total. The summed E-state index contributed by atoms with van der Waals surface area (Å²) in [5.74, 6) is 0. The van der Waals surface area contributed by atoms with E-state index in [1.165, 1.54) is 0 Å². The minimum Gasteiger partial charge on any atom is 0 e. The largest absolute Gasteiger partial charge is 0 e. The van der Waals surface area contributed by atoms with E-state index in [0.29, 0.717) is 0 Å². The van der Waals surface area contributed by atoms with Gasteiger partial charge in [0.1, 0.15) is 0 Å². The Labute approximate surface area is 80.4 Å². The van der Waals surface area contributed by atoms with Crippen LogP contribution >= 0.6 is 0 Å². The molecule has 25 valence electrons. The van der Waals surface area contributed by atoms with Crippen LogP contribution in [0.3, 0.4) is 0 Å². The van der Waals surface area contributed by atoms with E-state index in [4.69, 9.17) is 3.87 Å². The van der Waals surface area contributed by atoms with Gasteiger partial charge in [-0.2, -0.15) is 0 Å². The maximum absolute atomic E-state index is 7.94. The monoisotopic (exact) mass is 219 g/mol. The van der Waals surface area contributed by atoms with Gasteiger partial charge >= 0.3 is 19.5 Å². The molecule has 0 aliphatic carbocycles. The first-order valence-electron chi connectivity index (χ1n) is 0.136. The fourth-order valence-electron chi connectivity index (χ4n) is 0. The number of rotatable bonds is 0. The summed E-state index contributed by atoms with van der Waals surface area (Å²) < 4.78 is 7.94. The first-order chi connectivity index (χ1) is 1.00. The molecule has 0 aliphatic heterocycles. The van der Waals surface area contributed by atoms with Gasteiger partial charge in [-0.1, -0.05) is 0 Å². The maximum Gasteiger partial charge on any atom is 0 e. The average Bonchev–Trinajstić information content (AvgIpc) is 1.00. The zero-order valence-electron chi connectivity index (χ0n) is 1.80. The van der Waals surface area contributed by atoms with Crippen molar-refractivity contribution in [1.29, 1.82) is 0 Å². The van der Waals surface area contributed by atoms with E-state index >= 15 is 0 Å². The number of hydrogen-bond acceptors (Lipinski definition) is 1. The van der Waals surface area contributed by atoms with Gasteiger partial charge in [0.15, 0.2) is 0 Å². The SMILES string of the molecule is [Fe].[O]=[Co].[Sr]. The van der Waals surface area contributed by atoms with Crippen molar-refractivity contribution in [1.82, 2.24) is 0 Å². The van der Waals surface area contributed by atoms with Gasteiger partial charge in [-0.15, -0.1) is 0 Å². The van der Waals surface area contributed by atoms with E-state index < -0.39 is 0 Å². The summed E-state index contributed by atoms with van der Waals surface area (Å²) in [6.07, 6.45) is 0. The van der Waals surface area contributed by atoms with E-state index in [1.54, 1.807) is 0 Å². The first-order valence-corrected chi connectivity index (χ1v) is 0.561. The predicted octanol–water partition coefficient (Wildman–Crippen LogP) is -0.505. The second-order valence-corrected chi connectivity index (χ2v) is 0. The molecule has 0 heterocycles. The third kappa shape index (κ3) is 8.85. The minimum atomic E-state index is 0. The fraction of sp³-hybridized carbons (Fsp3) is 0. The van der Waals surface area contributed by atoms with Crippen molar-refractivity contribution in [3.63, 3.8) is 0 Å². The Balaban J connectivity index is -0.00000000500. The molecule has 0 saturated carbocycles. The van der Waals surface area contributed by atoms with E-state index in [0.717, 1.165) is 0 Å². The summed E-state index contributed by atoms with van der Waals surface area (Å²) >= 11 is 2.31. The van der Waals surface area contributed by atoms with Crippen LogP contribution in [0.4, 0.5) is 0 Å². The summed E-state index contributed by atoms with van der Waals surface area (Å²) in [5.41, 5.74) is 0. The molecule has 4 heavy (non-hydrogen) atoms. The molecule has 0 fully saturated rings. The van der Waals surface area contributed by atoms with Gasteiger partial charge in [-0.05, 0) is 0 Å².